The average Bonchev–Trinajstić information content (AvgIpc) is 3.23. The Balaban J connectivity index is 1.48. The van der Waals surface area contributed by atoms with E-state index < -0.39 is 16.8 Å². The lowest BCUT2D eigenvalue weighted by Crippen LogP contribution is -2.55. The van der Waals surface area contributed by atoms with Gasteiger partial charge in [0, 0.05) is 45.0 Å². The number of piperazine rings is 1. The summed E-state index contributed by atoms with van der Waals surface area (Å²) >= 11 is 5.60. The zero-order chi connectivity index (χ0) is 21.9. The maximum absolute atomic E-state index is 13.0. The number of rotatable bonds is 5. The number of alkyl halides is 3. The van der Waals surface area contributed by atoms with Crippen molar-refractivity contribution in [2.75, 3.05) is 51.1 Å². The van der Waals surface area contributed by atoms with Gasteiger partial charge in [-0.25, -0.2) is 0 Å². The van der Waals surface area contributed by atoms with E-state index in [9.17, 15) is 22.8 Å². The second-order valence-corrected chi connectivity index (χ2v) is 8.17. The second kappa shape index (κ2) is 9.53. The van der Waals surface area contributed by atoms with Crippen LogP contribution in [-0.2, 0) is 15.8 Å². The van der Waals surface area contributed by atoms with Crippen LogP contribution in [0.4, 0.5) is 18.9 Å². The van der Waals surface area contributed by atoms with Gasteiger partial charge in [-0.15, -0.1) is 0 Å². The fourth-order valence-electron chi connectivity index (χ4n) is 3.89. The monoisotopic (exact) mass is 446 g/mol. The summed E-state index contributed by atoms with van der Waals surface area (Å²) in [6.07, 6.45) is -2.48. The van der Waals surface area contributed by atoms with Gasteiger partial charge >= 0.3 is 6.18 Å². The molecule has 0 bridgehead atoms. The highest BCUT2D eigenvalue weighted by Crippen LogP contribution is 2.36. The minimum absolute atomic E-state index is 0.0557. The Kier molecular flexibility index (Phi) is 7.26. The molecule has 10 heteroatoms. The number of nitrogens with one attached hydrogen (secondary N) is 1. The van der Waals surface area contributed by atoms with Crippen molar-refractivity contribution < 1.29 is 22.8 Å². The molecule has 2 fully saturated rings. The Bertz CT molecular complexity index is 776. The molecule has 3 rings (SSSR count). The molecule has 2 heterocycles. The number of carbonyl (C=O) groups excluding carboxylic acids is 2. The Hall–Kier alpha value is -1.84. The molecule has 6 nitrogen and oxygen atoms in total. The van der Waals surface area contributed by atoms with Gasteiger partial charge in [-0.2, -0.15) is 13.2 Å². The van der Waals surface area contributed by atoms with E-state index >= 15 is 0 Å². The van der Waals surface area contributed by atoms with Crippen LogP contribution in [0.2, 0.25) is 5.02 Å². The summed E-state index contributed by atoms with van der Waals surface area (Å²) in [4.78, 5) is 30.8. The predicted molar refractivity (Wildman–Crippen MR) is 108 cm³/mol. The first kappa shape index (κ1) is 22.8. The molecule has 166 valence electrons. The highest BCUT2D eigenvalue weighted by atomic mass is 35.5. The van der Waals surface area contributed by atoms with Crippen LogP contribution in [-0.4, -0.2) is 78.4 Å². The van der Waals surface area contributed by atoms with Gasteiger partial charge in [0.1, 0.15) is 0 Å². The summed E-state index contributed by atoms with van der Waals surface area (Å²) in [7, 11) is 0. The third-order valence-electron chi connectivity index (χ3n) is 5.65. The van der Waals surface area contributed by atoms with Gasteiger partial charge in [0.05, 0.1) is 23.2 Å². The number of amides is 2. The molecule has 30 heavy (non-hydrogen) atoms. The van der Waals surface area contributed by atoms with Crippen LogP contribution in [0, 0.1) is 0 Å². The van der Waals surface area contributed by atoms with Crippen molar-refractivity contribution in [1.29, 1.82) is 0 Å². The predicted octanol–water partition coefficient (Wildman–Crippen LogP) is 2.93. The highest BCUT2D eigenvalue weighted by Gasteiger charge is 2.34. The largest absolute Gasteiger partial charge is 0.417 e. The first-order chi connectivity index (χ1) is 14.1. The number of halogens is 4. The number of hydrogen-bond donors (Lipinski definition) is 1. The molecule has 0 radical (unpaired) electrons. The van der Waals surface area contributed by atoms with Gasteiger partial charge in [0.2, 0.25) is 11.8 Å². The van der Waals surface area contributed by atoms with Gasteiger partial charge in [0.25, 0.3) is 0 Å². The summed E-state index contributed by atoms with van der Waals surface area (Å²) in [5, 5.41) is 2.10. The van der Waals surface area contributed by atoms with E-state index in [2.05, 4.69) is 10.2 Å². The smallest absolute Gasteiger partial charge is 0.341 e. The standard InChI is InChI=1S/C20H26ClF3N4O2/c1-14(19(30)28-6-2-3-7-28)27-10-8-26(9-11-27)13-18(29)25-15-4-5-17(21)16(12-15)20(22,23)24/h4-5,12,14H,2-3,6-11,13H2,1H3,(H,25,29). The van der Waals surface area contributed by atoms with Gasteiger partial charge in [-0.1, -0.05) is 11.6 Å². The molecule has 1 N–H and O–H groups in total. The molecule has 1 aromatic carbocycles. The molecular formula is C20H26ClF3N4O2. The molecule has 0 spiro atoms. The third kappa shape index (κ3) is 5.65. The fourth-order valence-corrected chi connectivity index (χ4v) is 4.12. The van der Waals surface area contributed by atoms with E-state index in [0.717, 1.165) is 38.1 Å². The van der Waals surface area contributed by atoms with Crippen molar-refractivity contribution in [3.05, 3.63) is 28.8 Å². The topological polar surface area (TPSA) is 55.9 Å². The van der Waals surface area contributed by atoms with E-state index in [1.54, 1.807) is 0 Å². The zero-order valence-corrected chi connectivity index (χ0v) is 17.6. The Morgan fingerprint density at radius 1 is 1.10 bits per heavy atom. The normalized spacial score (nSPS) is 19.7. The quantitative estimate of drug-likeness (QED) is 0.755. The minimum Gasteiger partial charge on any atom is -0.341 e. The molecule has 0 aliphatic carbocycles. The maximum Gasteiger partial charge on any atom is 0.417 e. The van der Waals surface area contributed by atoms with Crippen LogP contribution < -0.4 is 5.32 Å². The number of likely N-dealkylation sites (tertiary alicyclic amines) is 1. The number of benzene rings is 1. The summed E-state index contributed by atoms with van der Waals surface area (Å²) < 4.78 is 38.9. The van der Waals surface area contributed by atoms with Crippen LogP contribution in [0.1, 0.15) is 25.3 Å². The third-order valence-corrected chi connectivity index (χ3v) is 5.98. The van der Waals surface area contributed by atoms with Gasteiger partial charge in [-0.05, 0) is 38.0 Å². The number of nitrogens with zero attached hydrogens (tertiary/aromatic N) is 3. The van der Waals surface area contributed by atoms with Gasteiger partial charge in [-0.3, -0.25) is 19.4 Å². The second-order valence-electron chi connectivity index (χ2n) is 7.76. The lowest BCUT2D eigenvalue weighted by molar-refractivity contribution is -0.137. The van der Waals surface area contributed by atoms with E-state index in [1.165, 1.54) is 6.07 Å². The highest BCUT2D eigenvalue weighted by molar-refractivity contribution is 6.31. The van der Waals surface area contributed by atoms with Crippen molar-refractivity contribution in [1.82, 2.24) is 14.7 Å². The fraction of sp³-hybridized carbons (Fsp3) is 0.600. The summed E-state index contributed by atoms with van der Waals surface area (Å²) in [6, 6.07) is 3.12. The number of hydrogen-bond acceptors (Lipinski definition) is 4. The van der Waals surface area contributed by atoms with Crippen molar-refractivity contribution in [2.24, 2.45) is 0 Å². The van der Waals surface area contributed by atoms with E-state index in [1.807, 2.05) is 16.7 Å². The Morgan fingerprint density at radius 2 is 1.73 bits per heavy atom. The van der Waals surface area contributed by atoms with Gasteiger partial charge in [0.15, 0.2) is 0 Å². The Morgan fingerprint density at radius 3 is 2.33 bits per heavy atom. The van der Waals surface area contributed by atoms with E-state index in [4.69, 9.17) is 11.6 Å². The van der Waals surface area contributed by atoms with Crippen LogP contribution in [0.25, 0.3) is 0 Å². The van der Waals surface area contributed by atoms with Gasteiger partial charge < -0.3 is 10.2 Å². The molecule has 1 unspecified atom stereocenters. The zero-order valence-electron chi connectivity index (χ0n) is 16.8. The van der Waals surface area contributed by atoms with Crippen molar-refractivity contribution in [3.8, 4) is 0 Å². The lowest BCUT2D eigenvalue weighted by Gasteiger charge is -2.38. The van der Waals surface area contributed by atoms with Crippen molar-refractivity contribution in [3.63, 3.8) is 0 Å². The molecule has 2 aliphatic heterocycles. The van der Waals surface area contributed by atoms with Crippen molar-refractivity contribution >= 4 is 29.1 Å². The molecule has 2 amide bonds. The van der Waals surface area contributed by atoms with E-state index in [0.29, 0.717) is 26.2 Å². The SMILES string of the molecule is CC(C(=O)N1CCCC1)N1CCN(CC(=O)Nc2ccc(Cl)c(C(F)(F)F)c2)CC1. The van der Waals surface area contributed by atoms with Crippen LogP contribution >= 0.6 is 11.6 Å². The van der Waals surface area contributed by atoms with Crippen LogP contribution in [0.3, 0.4) is 0 Å². The van der Waals surface area contributed by atoms with E-state index in [-0.39, 0.29) is 30.1 Å². The molecular weight excluding hydrogens is 421 g/mol. The maximum atomic E-state index is 13.0. The molecule has 0 aromatic heterocycles. The summed E-state index contributed by atoms with van der Waals surface area (Å²) in [5.74, 6) is -0.234. The molecule has 1 atom stereocenters. The molecule has 0 saturated carbocycles. The van der Waals surface area contributed by atoms with Crippen molar-refractivity contribution in [2.45, 2.75) is 32.0 Å². The van der Waals surface area contributed by atoms with Crippen LogP contribution in [0.15, 0.2) is 18.2 Å². The molecule has 1 aromatic rings. The lowest BCUT2D eigenvalue weighted by atomic mass is 10.2. The minimum atomic E-state index is -4.59. The molecule has 2 saturated heterocycles. The summed E-state index contributed by atoms with van der Waals surface area (Å²) in [5.41, 5.74) is -0.924. The average molecular weight is 447 g/mol. The summed E-state index contributed by atoms with van der Waals surface area (Å²) in [6.45, 7) is 6.18. The first-order valence-corrected chi connectivity index (χ1v) is 10.4. The molecule has 2 aliphatic rings. The first-order valence-electron chi connectivity index (χ1n) is 10.1. The Labute approximate surface area is 178 Å². The van der Waals surface area contributed by atoms with Crippen LogP contribution in [0.5, 0.6) is 0 Å². The number of carbonyl (C=O) groups is 2. The number of anilines is 1.